The molecule has 108 valence electrons. The van der Waals surface area contributed by atoms with Crippen molar-refractivity contribution < 1.29 is 14.3 Å². The van der Waals surface area contributed by atoms with Gasteiger partial charge in [-0.25, -0.2) is 0 Å². The lowest BCUT2D eigenvalue weighted by Gasteiger charge is -2.32. The first kappa shape index (κ1) is 14.6. The summed E-state index contributed by atoms with van der Waals surface area (Å²) in [4.78, 5) is 26.0. The van der Waals surface area contributed by atoms with E-state index in [-0.39, 0.29) is 17.6 Å². The molecule has 1 aliphatic heterocycles. The fourth-order valence-electron chi connectivity index (χ4n) is 2.63. The zero-order chi connectivity index (χ0) is 14.5. The molecule has 0 bridgehead atoms. The van der Waals surface area contributed by atoms with E-state index in [4.69, 9.17) is 4.74 Å². The number of ketones is 1. The minimum atomic E-state index is -0.0763. The number of ether oxygens (including phenoxy) is 1. The molecular weight excluding hydrogens is 254 g/mol. The highest BCUT2D eigenvalue weighted by Crippen LogP contribution is 2.22. The second-order valence-electron chi connectivity index (χ2n) is 5.13. The van der Waals surface area contributed by atoms with Gasteiger partial charge in [0.15, 0.2) is 5.78 Å². The van der Waals surface area contributed by atoms with Crippen molar-refractivity contribution in [3.05, 3.63) is 29.8 Å². The molecule has 4 heteroatoms. The molecule has 1 fully saturated rings. The molecule has 1 unspecified atom stereocenters. The molecule has 0 spiro atoms. The summed E-state index contributed by atoms with van der Waals surface area (Å²) in [6.45, 7) is 3.19. The third-order valence-electron chi connectivity index (χ3n) is 3.82. The smallest absolute Gasteiger partial charge is 0.222 e. The van der Waals surface area contributed by atoms with Crippen LogP contribution in [-0.2, 0) is 4.79 Å². The Hall–Kier alpha value is -1.84. The Morgan fingerprint density at radius 2 is 2.00 bits per heavy atom. The molecule has 0 aromatic heterocycles. The number of nitrogens with zero attached hydrogens (tertiary/aromatic N) is 1. The predicted molar refractivity (Wildman–Crippen MR) is 76.9 cm³/mol. The van der Waals surface area contributed by atoms with Crippen molar-refractivity contribution in [2.75, 3.05) is 20.2 Å². The minimum Gasteiger partial charge on any atom is -0.497 e. The van der Waals surface area contributed by atoms with Crippen LogP contribution in [0.3, 0.4) is 0 Å². The third-order valence-corrected chi connectivity index (χ3v) is 3.82. The fraction of sp³-hybridized carbons (Fsp3) is 0.500. The first-order valence-corrected chi connectivity index (χ1v) is 7.11. The molecule has 1 amide bonds. The lowest BCUT2D eigenvalue weighted by atomic mass is 9.90. The van der Waals surface area contributed by atoms with Crippen LogP contribution in [-0.4, -0.2) is 36.8 Å². The zero-order valence-corrected chi connectivity index (χ0v) is 12.1. The van der Waals surface area contributed by atoms with Crippen LogP contribution in [0, 0.1) is 5.92 Å². The molecule has 20 heavy (non-hydrogen) atoms. The number of Topliss-reactive ketones (excluding diaryl/α,β-unsaturated/α-hetero) is 1. The second kappa shape index (κ2) is 6.55. The van der Waals surface area contributed by atoms with Crippen molar-refractivity contribution in [3.63, 3.8) is 0 Å². The van der Waals surface area contributed by atoms with E-state index < -0.39 is 0 Å². The van der Waals surface area contributed by atoms with Crippen molar-refractivity contribution in [2.45, 2.75) is 26.2 Å². The van der Waals surface area contributed by atoms with Gasteiger partial charge in [0.05, 0.1) is 7.11 Å². The standard InChI is InChI=1S/C16H21NO3/c1-3-15(18)17-10-4-5-13(11-17)16(19)12-6-8-14(20-2)9-7-12/h6-9,13H,3-5,10-11H2,1-2H3. The maximum atomic E-state index is 12.5. The average molecular weight is 275 g/mol. The van der Waals surface area contributed by atoms with E-state index in [0.29, 0.717) is 18.5 Å². The van der Waals surface area contributed by atoms with Crippen molar-refractivity contribution in [2.24, 2.45) is 5.92 Å². The Labute approximate surface area is 119 Å². The molecule has 1 aromatic rings. The van der Waals surface area contributed by atoms with Gasteiger partial charge in [-0.3, -0.25) is 9.59 Å². The molecule has 0 N–H and O–H groups in total. The molecule has 0 radical (unpaired) electrons. The molecule has 1 atom stereocenters. The highest BCUT2D eigenvalue weighted by molar-refractivity contribution is 5.98. The number of carbonyl (C=O) groups is 2. The number of hydrogen-bond donors (Lipinski definition) is 0. The van der Waals surface area contributed by atoms with E-state index in [0.717, 1.165) is 25.1 Å². The molecule has 0 saturated carbocycles. The van der Waals surface area contributed by atoms with Crippen molar-refractivity contribution >= 4 is 11.7 Å². The summed E-state index contributed by atoms with van der Waals surface area (Å²) >= 11 is 0. The Balaban J connectivity index is 2.05. The van der Waals surface area contributed by atoms with Gasteiger partial charge in [0.1, 0.15) is 5.75 Å². The zero-order valence-electron chi connectivity index (χ0n) is 12.1. The largest absolute Gasteiger partial charge is 0.497 e. The van der Waals surface area contributed by atoms with Crippen LogP contribution >= 0.6 is 0 Å². The van der Waals surface area contributed by atoms with Crippen LogP contribution in [0.25, 0.3) is 0 Å². The maximum absolute atomic E-state index is 12.5. The topological polar surface area (TPSA) is 46.6 Å². The van der Waals surface area contributed by atoms with E-state index >= 15 is 0 Å². The summed E-state index contributed by atoms with van der Waals surface area (Å²) in [5.41, 5.74) is 0.696. The van der Waals surface area contributed by atoms with Gasteiger partial charge < -0.3 is 9.64 Å². The Kier molecular flexibility index (Phi) is 4.77. The fourth-order valence-corrected chi connectivity index (χ4v) is 2.63. The van der Waals surface area contributed by atoms with Crippen LogP contribution in [0.5, 0.6) is 5.75 Å². The molecular formula is C16H21NO3. The highest BCUT2D eigenvalue weighted by Gasteiger charge is 2.28. The first-order valence-electron chi connectivity index (χ1n) is 7.11. The van der Waals surface area contributed by atoms with Gasteiger partial charge >= 0.3 is 0 Å². The normalized spacial score (nSPS) is 18.7. The van der Waals surface area contributed by atoms with Crippen molar-refractivity contribution in [1.29, 1.82) is 0 Å². The number of piperidine rings is 1. The number of methoxy groups -OCH3 is 1. The average Bonchev–Trinajstić information content (AvgIpc) is 2.53. The lowest BCUT2D eigenvalue weighted by Crippen LogP contribution is -2.42. The van der Waals surface area contributed by atoms with Crippen molar-refractivity contribution in [1.82, 2.24) is 4.90 Å². The van der Waals surface area contributed by atoms with Crippen LogP contribution in [0.1, 0.15) is 36.5 Å². The van der Waals surface area contributed by atoms with Crippen LogP contribution in [0.4, 0.5) is 0 Å². The second-order valence-corrected chi connectivity index (χ2v) is 5.13. The van der Waals surface area contributed by atoms with Crippen LogP contribution < -0.4 is 4.74 Å². The predicted octanol–water partition coefficient (Wildman–Crippen LogP) is 2.53. The number of benzene rings is 1. The summed E-state index contributed by atoms with van der Waals surface area (Å²) in [5.74, 6) is 0.930. The lowest BCUT2D eigenvalue weighted by molar-refractivity contribution is -0.132. The molecule has 2 rings (SSSR count). The number of rotatable bonds is 4. The van der Waals surface area contributed by atoms with Gasteiger partial charge in [-0.15, -0.1) is 0 Å². The van der Waals surface area contributed by atoms with E-state index in [1.807, 2.05) is 11.8 Å². The minimum absolute atomic E-state index is 0.0763. The third kappa shape index (κ3) is 3.18. The van der Waals surface area contributed by atoms with E-state index in [1.54, 1.807) is 31.4 Å². The molecule has 1 aliphatic rings. The molecule has 1 heterocycles. The number of likely N-dealkylation sites (tertiary alicyclic amines) is 1. The Bertz CT molecular complexity index is 481. The number of carbonyl (C=O) groups excluding carboxylic acids is 2. The summed E-state index contributed by atoms with van der Waals surface area (Å²) in [5, 5.41) is 0. The van der Waals surface area contributed by atoms with E-state index in [9.17, 15) is 9.59 Å². The summed E-state index contributed by atoms with van der Waals surface area (Å²) in [6.07, 6.45) is 2.26. The summed E-state index contributed by atoms with van der Waals surface area (Å²) in [6, 6.07) is 7.18. The SMILES string of the molecule is CCC(=O)N1CCCC(C(=O)c2ccc(OC)cc2)C1. The Morgan fingerprint density at radius 1 is 1.30 bits per heavy atom. The van der Waals surface area contributed by atoms with Crippen molar-refractivity contribution in [3.8, 4) is 5.75 Å². The number of hydrogen-bond acceptors (Lipinski definition) is 3. The van der Waals surface area contributed by atoms with Gasteiger partial charge in [-0.2, -0.15) is 0 Å². The summed E-state index contributed by atoms with van der Waals surface area (Å²) < 4.78 is 5.09. The van der Waals surface area contributed by atoms with E-state index in [2.05, 4.69) is 0 Å². The molecule has 4 nitrogen and oxygen atoms in total. The Morgan fingerprint density at radius 3 is 2.60 bits per heavy atom. The van der Waals surface area contributed by atoms with Gasteiger partial charge in [-0.05, 0) is 37.1 Å². The van der Waals surface area contributed by atoms with Crippen LogP contribution in [0.15, 0.2) is 24.3 Å². The van der Waals surface area contributed by atoms with E-state index in [1.165, 1.54) is 0 Å². The number of amides is 1. The molecule has 1 saturated heterocycles. The molecule has 0 aliphatic carbocycles. The quantitative estimate of drug-likeness (QED) is 0.793. The monoisotopic (exact) mass is 275 g/mol. The van der Waals surface area contributed by atoms with Gasteiger partial charge in [-0.1, -0.05) is 6.92 Å². The van der Waals surface area contributed by atoms with Gasteiger partial charge in [0, 0.05) is 31.0 Å². The van der Waals surface area contributed by atoms with Gasteiger partial charge in [0.25, 0.3) is 0 Å². The molecule has 1 aromatic carbocycles. The highest BCUT2D eigenvalue weighted by atomic mass is 16.5. The van der Waals surface area contributed by atoms with Crippen LogP contribution in [0.2, 0.25) is 0 Å². The summed E-state index contributed by atoms with van der Waals surface area (Å²) in [7, 11) is 1.60. The maximum Gasteiger partial charge on any atom is 0.222 e. The first-order chi connectivity index (χ1) is 9.65. The van der Waals surface area contributed by atoms with Gasteiger partial charge in [0.2, 0.25) is 5.91 Å².